The molecule has 1 fully saturated rings. The maximum absolute atomic E-state index is 12.2. The Bertz CT molecular complexity index is 473. The molecule has 108 valence electrons. The van der Waals surface area contributed by atoms with Gasteiger partial charge in [-0.05, 0) is 19.8 Å². The number of rotatable bonds is 4. The fourth-order valence-corrected chi connectivity index (χ4v) is 2.58. The molecule has 1 aliphatic heterocycles. The minimum absolute atomic E-state index is 0.354. The number of fused-ring (bicyclic) bond motifs is 1. The molecule has 3 amide bonds. The van der Waals surface area contributed by atoms with Crippen LogP contribution in [-0.4, -0.2) is 41.2 Å². The molecule has 0 radical (unpaired) electrons. The number of carbonyl (C=O) groups excluding carboxylic acids is 4. The number of nitrogens with two attached hydrogens (primary N) is 1. The minimum atomic E-state index is -1.04. The van der Waals surface area contributed by atoms with Crippen molar-refractivity contribution in [3.8, 4) is 0 Å². The van der Waals surface area contributed by atoms with E-state index in [2.05, 4.69) is 4.74 Å². The zero-order valence-electron chi connectivity index (χ0n) is 11.1. The SMILES string of the molecule is CC(C(=O)OCC(N)=O)N1C(=O)C2CC=CCC2C1=O. The largest absolute Gasteiger partial charge is 0.454 e. The Morgan fingerprint density at radius 3 is 2.25 bits per heavy atom. The summed E-state index contributed by atoms with van der Waals surface area (Å²) in [5.74, 6) is -3.09. The highest BCUT2D eigenvalue weighted by Crippen LogP contribution is 2.36. The van der Waals surface area contributed by atoms with E-state index in [1.807, 2.05) is 12.2 Å². The average Bonchev–Trinajstić information content (AvgIpc) is 2.68. The van der Waals surface area contributed by atoms with Crippen molar-refractivity contribution < 1.29 is 23.9 Å². The number of imide groups is 1. The van der Waals surface area contributed by atoms with Gasteiger partial charge in [-0.2, -0.15) is 0 Å². The normalized spacial score (nSPS) is 26.4. The van der Waals surface area contributed by atoms with Gasteiger partial charge in [-0.1, -0.05) is 12.2 Å². The molecular formula is C13H16N2O5. The molecule has 1 saturated heterocycles. The monoisotopic (exact) mass is 280 g/mol. The zero-order chi connectivity index (χ0) is 14.9. The fraction of sp³-hybridized carbons (Fsp3) is 0.538. The summed E-state index contributed by atoms with van der Waals surface area (Å²) in [5, 5.41) is 0. The van der Waals surface area contributed by atoms with Gasteiger partial charge in [-0.3, -0.25) is 19.3 Å². The van der Waals surface area contributed by atoms with Gasteiger partial charge >= 0.3 is 5.97 Å². The second kappa shape index (κ2) is 5.44. The van der Waals surface area contributed by atoms with Crippen molar-refractivity contribution in [3.05, 3.63) is 12.2 Å². The summed E-state index contributed by atoms with van der Waals surface area (Å²) < 4.78 is 4.65. The van der Waals surface area contributed by atoms with E-state index in [1.54, 1.807) is 0 Å². The number of likely N-dealkylation sites (tertiary alicyclic amines) is 1. The van der Waals surface area contributed by atoms with Crippen LogP contribution in [0.2, 0.25) is 0 Å². The van der Waals surface area contributed by atoms with Crippen molar-refractivity contribution in [2.45, 2.75) is 25.8 Å². The predicted molar refractivity (Wildman–Crippen MR) is 66.8 cm³/mol. The summed E-state index contributed by atoms with van der Waals surface area (Å²) in [5.41, 5.74) is 4.87. The molecule has 0 bridgehead atoms. The van der Waals surface area contributed by atoms with E-state index in [4.69, 9.17) is 5.73 Å². The molecule has 2 rings (SSSR count). The summed E-state index contributed by atoms with van der Waals surface area (Å²) in [6.07, 6.45) is 4.75. The Hall–Kier alpha value is -2.18. The maximum atomic E-state index is 12.2. The van der Waals surface area contributed by atoms with Gasteiger partial charge < -0.3 is 10.5 Å². The Balaban J connectivity index is 2.08. The number of hydrogen-bond acceptors (Lipinski definition) is 5. The van der Waals surface area contributed by atoms with Crippen molar-refractivity contribution in [1.82, 2.24) is 4.90 Å². The molecule has 2 N–H and O–H groups in total. The molecule has 3 unspecified atom stereocenters. The fourth-order valence-electron chi connectivity index (χ4n) is 2.58. The summed E-state index contributed by atoms with van der Waals surface area (Å²) in [6, 6.07) is -1.04. The second-order valence-electron chi connectivity index (χ2n) is 4.95. The molecular weight excluding hydrogens is 264 g/mol. The van der Waals surface area contributed by atoms with Crippen LogP contribution in [0.25, 0.3) is 0 Å². The standard InChI is InChI=1S/C13H16N2O5/c1-7(13(19)20-6-10(14)16)15-11(17)8-4-2-3-5-9(8)12(15)18/h2-3,7-9H,4-6H2,1H3,(H2,14,16). The molecule has 7 nitrogen and oxygen atoms in total. The minimum Gasteiger partial charge on any atom is -0.454 e. The van der Waals surface area contributed by atoms with Gasteiger partial charge in [0.15, 0.2) is 6.61 Å². The smallest absolute Gasteiger partial charge is 0.329 e. The van der Waals surface area contributed by atoms with Crippen LogP contribution in [0.5, 0.6) is 0 Å². The van der Waals surface area contributed by atoms with Gasteiger partial charge in [0.05, 0.1) is 11.8 Å². The summed E-state index contributed by atoms with van der Waals surface area (Å²) >= 11 is 0. The summed E-state index contributed by atoms with van der Waals surface area (Å²) in [7, 11) is 0. The third kappa shape index (κ3) is 2.43. The van der Waals surface area contributed by atoms with E-state index < -0.39 is 24.5 Å². The highest BCUT2D eigenvalue weighted by molar-refractivity contribution is 6.08. The Kier molecular flexibility index (Phi) is 3.87. The molecule has 0 aromatic rings. The zero-order valence-corrected chi connectivity index (χ0v) is 11.1. The van der Waals surface area contributed by atoms with Gasteiger partial charge in [0, 0.05) is 0 Å². The first-order valence-corrected chi connectivity index (χ1v) is 6.40. The van der Waals surface area contributed by atoms with Crippen LogP contribution in [0.3, 0.4) is 0 Å². The quantitative estimate of drug-likeness (QED) is 0.418. The molecule has 0 aromatic heterocycles. The topological polar surface area (TPSA) is 107 Å². The van der Waals surface area contributed by atoms with Crippen LogP contribution < -0.4 is 5.73 Å². The lowest BCUT2D eigenvalue weighted by molar-refractivity contribution is -0.159. The molecule has 3 atom stereocenters. The highest BCUT2D eigenvalue weighted by atomic mass is 16.5. The van der Waals surface area contributed by atoms with E-state index in [0.717, 1.165) is 4.90 Å². The predicted octanol–water partition coefficient (Wildman–Crippen LogP) is -0.645. The lowest BCUT2D eigenvalue weighted by Crippen LogP contribution is -2.45. The Morgan fingerprint density at radius 1 is 1.30 bits per heavy atom. The van der Waals surface area contributed by atoms with Crippen molar-refractivity contribution in [1.29, 1.82) is 0 Å². The first kappa shape index (κ1) is 14.2. The van der Waals surface area contributed by atoms with Crippen LogP contribution in [0, 0.1) is 11.8 Å². The van der Waals surface area contributed by atoms with Crippen molar-refractivity contribution in [3.63, 3.8) is 0 Å². The van der Waals surface area contributed by atoms with Crippen LogP contribution in [0.1, 0.15) is 19.8 Å². The Labute approximate surface area is 115 Å². The van der Waals surface area contributed by atoms with E-state index in [9.17, 15) is 19.2 Å². The van der Waals surface area contributed by atoms with Gasteiger partial charge in [-0.25, -0.2) is 4.79 Å². The molecule has 1 aliphatic carbocycles. The molecule has 0 spiro atoms. The Morgan fingerprint density at radius 2 is 1.80 bits per heavy atom. The number of carbonyl (C=O) groups is 4. The van der Waals surface area contributed by atoms with Crippen LogP contribution in [-0.2, 0) is 23.9 Å². The number of esters is 1. The number of nitrogens with zero attached hydrogens (tertiary/aromatic N) is 1. The second-order valence-corrected chi connectivity index (χ2v) is 4.95. The number of amides is 3. The van der Waals surface area contributed by atoms with Crippen molar-refractivity contribution >= 4 is 23.7 Å². The first-order valence-electron chi connectivity index (χ1n) is 6.40. The van der Waals surface area contributed by atoms with Gasteiger partial charge in [0.25, 0.3) is 5.91 Å². The third-order valence-corrected chi connectivity index (χ3v) is 3.63. The van der Waals surface area contributed by atoms with Crippen LogP contribution in [0.15, 0.2) is 12.2 Å². The van der Waals surface area contributed by atoms with Crippen LogP contribution in [0.4, 0.5) is 0 Å². The lowest BCUT2D eigenvalue weighted by Gasteiger charge is -2.21. The molecule has 0 aromatic carbocycles. The molecule has 7 heteroatoms. The van der Waals surface area contributed by atoms with E-state index in [1.165, 1.54) is 6.92 Å². The van der Waals surface area contributed by atoms with Crippen LogP contribution >= 0.6 is 0 Å². The van der Waals surface area contributed by atoms with E-state index >= 15 is 0 Å². The average molecular weight is 280 g/mol. The number of primary amides is 1. The van der Waals surface area contributed by atoms with Crippen molar-refractivity contribution in [2.24, 2.45) is 17.6 Å². The molecule has 0 saturated carbocycles. The number of ether oxygens (including phenoxy) is 1. The third-order valence-electron chi connectivity index (χ3n) is 3.63. The van der Waals surface area contributed by atoms with Gasteiger partial charge in [0.1, 0.15) is 6.04 Å². The van der Waals surface area contributed by atoms with Gasteiger partial charge in [-0.15, -0.1) is 0 Å². The molecule has 20 heavy (non-hydrogen) atoms. The van der Waals surface area contributed by atoms with Gasteiger partial charge in [0.2, 0.25) is 11.8 Å². The first-order chi connectivity index (χ1) is 9.43. The lowest BCUT2D eigenvalue weighted by atomic mass is 9.85. The van der Waals surface area contributed by atoms with Crippen molar-refractivity contribution in [2.75, 3.05) is 6.61 Å². The molecule has 2 aliphatic rings. The highest BCUT2D eigenvalue weighted by Gasteiger charge is 2.50. The summed E-state index contributed by atoms with van der Waals surface area (Å²) in [4.78, 5) is 47.7. The maximum Gasteiger partial charge on any atom is 0.329 e. The number of allylic oxidation sites excluding steroid dienone is 2. The summed E-state index contributed by atoms with van der Waals surface area (Å²) in [6.45, 7) is 0.845. The number of hydrogen-bond donors (Lipinski definition) is 1. The van der Waals surface area contributed by atoms with E-state index in [-0.39, 0.29) is 23.7 Å². The molecule has 1 heterocycles. The van der Waals surface area contributed by atoms with E-state index in [0.29, 0.717) is 12.8 Å².